The van der Waals surface area contributed by atoms with Crippen LogP contribution >= 0.6 is 0 Å². The van der Waals surface area contributed by atoms with E-state index >= 15 is 0 Å². The highest BCUT2D eigenvalue weighted by atomic mass is 16.2. The Kier molecular flexibility index (Phi) is 3.32. The summed E-state index contributed by atoms with van der Waals surface area (Å²) in [5.74, 6) is 0.298. The van der Waals surface area contributed by atoms with Gasteiger partial charge in [-0.05, 0) is 42.7 Å². The Morgan fingerprint density at radius 1 is 1.04 bits per heavy atom. The molecule has 2 aromatic carbocycles. The summed E-state index contributed by atoms with van der Waals surface area (Å²) >= 11 is 0. The summed E-state index contributed by atoms with van der Waals surface area (Å²) < 4.78 is 1.74. The van der Waals surface area contributed by atoms with Crippen molar-refractivity contribution in [3.8, 4) is 5.69 Å². The lowest BCUT2D eigenvalue weighted by atomic mass is 9.72. The number of para-hydroxylation sites is 1. The number of aryl methyl sites for hydroxylation is 2. The second kappa shape index (κ2) is 5.55. The van der Waals surface area contributed by atoms with Crippen LogP contribution in [-0.4, -0.2) is 28.6 Å². The van der Waals surface area contributed by atoms with Crippen LogP contribution in [-0.2, 0) is 15.0 Å². The molecule has 0 saturated heterocycles. The number of aromatic nitrogens is 2. The molecule has 0 saturated carbocycles. The Balaban J connectivity index is 1.79. The predicted octanol–water partition coefficient (Wildman–Crippen LogP) is 3.09. The van der Waals surface area contributed by atoms with Crippen LogP contribution in [0.25, 0.3) is 5.69 Å². The van der Waals surface area contributed by atoms with Crippen molar-refractivity contribution in [2.24, 2.45) is 0 Å². The molecule has 6 heteroatoms. The van der Waals surface area contributed by atoms with Crippen molar-refractivity contribution < 1.29 is 9.59 Å². The average Bonchev–Trinajstić information content (AvgIpc) is 3.19. The number of likely N-dealkylation sites (N-methyl/N-ethyl adjacent to an activating group) is 1. The van der Waals surface area contributed by atoms with Crippen molar-refractivity contribution in [2.75, 3.05) is 17.3 Å². The minimum atomic E-state index is -1.03. The Hall–Kier alpha value is -3.41. The van der Waals surface area contributed by atoms with Gasteiger partial charge in [0.2, 0.25) is 11.8 Å². The summed E-state index contributed by atoms with van der Waals surface area (Å²) in [6, 6.07) is 13.8. The summed E-state index contributed by atoms with van der Waals surface area (Å²) in [5.41, 5.74) is 4.45. The van der Waals surface area contributed by atoms with Gasteiger partial charge in [-0.2, -0.15) is 5.10 Å². The number of benzene rings is 2. The number of nitrogens with one attached hydrogen (secondary N) is 1. The fourth-order valence-electron chi connectivity index (χ4n) is 4.49. The third-order valence-corrected chi connectivity index (χ3v) is 5.90. The van der Waals surface area contributed by atoms with Gasteiger partial charge < -0.3 is 10.2 Å². The van der Waals surface area contributed by atoms with Crippen molar-refractivity contribution >= 4 is 23.3 Å². The van der Waals surface area contributed by atoms with Crippen LogP contribution in [0, 0.1) is 13.8 Å². The van der Waals surface area contributed by atoms with Gasteiger partial charge in [0.05, 0.1) is 11.9 Å². The van der Waals surface area contributed by atoms with Gasteiger partial charge in [0.15, 0.2) is 0 Å². The highest BCUT2D eigenvalue weighted by molar-refractivity contribution is 6.15. The second-order valence-electron chi connectivity index (χ2n) is 7.62. The van der Waals surface area contributed by atoms with Gasteiger partial charge in [0.25, 0.3) is 0 Å². The van der Waals surface area contributed by atoms with Gasteiger partial charge in [-0.3, -0.25) is 9.59 Å². The van der Waals surface area contributed by atoms with Gasteiger partial charge in [-0.1, -0.05) is 30.3 Å². The van der Waals surface area contributed by atoms with E-state index in [1.54, 1.807) is 22.8 Å². The number of hydrogen-bond donors (Lipinski definition) is 1. The van der Waals surface area contributed by atoms with Gasteiger partial charge >= 0.3 is 0 Å². The van der Waals surface area contributed by atoms with Crippen molar-refractivity contribution in [2.45, 2.75) is 25.7 Å². The number of amides is 2. The number of carbonyl (C=O) groups is 2. The maximum absolute atomic E-state index is 13.4. The van der Waals surface area contributed by atoms with E-state index in [2.05, 4.69) is 10.4 Å². The molecule has 0 bridgehead atoms. The minimum Gasteiger partial charge on any atom is -0.314 e. The van der Waals surface area contributed by atoms with Crippen LogP contribution in [0.15, 0.2) is 48.7 Å². The Bertz CT molecular complexity index is 1160. The third kappa shape index (κ3) is 2.00. The largest absolute Gasteiger partial charge is 0.314 e. The van der Waals surface area contributed by atoms with Crippen LogP contribution in [0.5, 0.6) is 0 Å². The van der Waals surface area contributed by atoms with Crippen LogP contribution < -0.4 is 10.2 Å². The highest BCUT2D eigenvalue weighted by Crippen LogP contribution is 2.51. The molecular formula is C22H20N4O2. The number of anilines is 2. The second-order valence-corrected chi connectivity index (χ2v) is 7.62. The lowest BCUT2D eigenvalue weighted by Crippen LogP contribution is -2.45. The van der Waals surface area contributed by atoms with Crippen LogP contribution in [0.2, 0.25) is 0 Å². The fraction of sp³-hybridized carbons (Fsp3) is 0.227. The van der Waals surface area contributed by atoms with Crippen LogP contribution in [0.1, 0.15) is 28.7 Å². The van der Waals surface area contributed by atoms with E-state index in [1.807, 2.05) is 56.3 Å². The SMILES string of the molecule is Cc1ccc(C)c(-n2ncc3c2NC(=O)C[C@]32C(=O)N(C)c3ccccc32)c1. The van der Waals surface area contributed by atoms with E-state index < -0.39 is 5.41 Å². The molecular weight excluding hydrogens is 352 g/mol. The lowest BCUT2D eigenvalue weighted by Gasteiger charge is -2.32. The predicted molar refractivity (Wildman–Crippen MR) is 107 cm³/mol. The molecule has 140 valence electrons. The first-order valence-corrected chi connectivity index (χ1v) is 9.27. The average molecular weight is 372 g/mol. The molecule has 5 rings (SSSR count). The van der Waals surface area contributed by atoms with E-state index in [-0.39, 0.29) is 18.2 Å². The van der Waals surface area contributed by atoms with Gasteiger partial charge in [0, 0.05) is 24.7 Å². The standard InChI is InChI=1S/C22H20N4O2/c1-13-8-9-14(2)18(10-13)26-20-16(12-23-26)22(11-19(27)24-20)15-6-4-5-7-17(15)25(3)21(22)28/h4-10,12H,11H2,1-3H3,(H,24,27)/t22-/m1/s1. The first-order valence-electron chi connectivity index (χ1n) is 9.27. The van der Waals surface area contributed by atoms with Crippen LogP contribution in [0.4, 0.5) is 11.5 Å². The lowest BCUT2D eigenvalue weighted by molar-refractivity contribution is -0.126. The molecule has 1 spiro atoms. The van der Waals surface area contributed by atoms with E-state index in [4.69, 9.17) is 0 Å². The van der Waals surface area contributed by atoms with Gasteiger partial charge in [-0.15, -0.1) is 0 Å². The van der Waals surface area contributed by atoms with Gasteiger partial charge in [0.1, 0.15) is 11.2 Å². The zero-order valence-corrected chi connectivity index (χ0v) is 16.0. The molecule has 2 aliphatic heterocycles. The molecule has 1 atom stereocenters. The van der Waals surface area contributed by atoms with E-state index in [0.717, 1.165) is 33.6 Å². The summed E-state index contributed by atoms with van der Waals surface area (Å²) in [7, 11) is 1.76. The Morgan fingerprint density at radius 2 is 1.82 bits per heavy atom. The Morgan fingerprint density at radius 3 is 2.64 bits per heavy atom. The molecule has 3 heterocycles. The topological polar surface area (TPSA) is 67.2 Å². The van der Waals surface area contributed by atoms with Crippen LogP contribution in [0.3, 0.4) is 0 Å². The molecule has 0 unspecified atom stereocenters. The molecule has 2 amide bonds. The molecule has 3 aromatic rings. The fourth-order valence-corrected chi connectivity index (χ4v) is 4.49. The maximum atomic E-state index is 13.4. The molecule has 0 aliphatic carbocycles. The zero-order chi connectivity index (χ0) is 19.6. The molecule has 2 aliphatic rings. The normalized spacial score (nSPS) is 20.3. The third-order valence-electron chi connectivity index (χ3n) is 5.90. The first kappa shape index (κ1) is 16.7. The summed E-state index contributed by atoms with van der Waals surface area (Å²) in [5, 5.41) is 7.55. The Labute approximate surface area is 162 Å². The molecule has 28 heavy (non-hydrogen) atoms. The number of carbonyl (C=O) groups excluding carboxylic acids is 2. The number of fused-ring (bicyclic) bond motifs is 4. The smallest absolute Gasteiger partial charge is 0.242 e. The molecule has 6 nitrogen and oxygen atoms in total. The van der Waals surface area contributed by atoms with E-state index in [1.165, 1.54) is 0 Å². The molecule has 1 aromatic heterocycles. The molecule has 0 radical (unpaired) electrons. The number of nitrogens with zero attached hydrogens (tertiary/aromatic N) is 3. The molecule has 0 fully saturated rings. The summed E-state index contributed by atoms with van der Waals surface area (Å²) in [4.78, 5) is 27.8. The van der Waals surface area contributed by atoms with Gasteiger partial charge in [-0.25, -0.2) is 4.68 Å². The summed E-state index contributed by atoms with van der Waals surface area (Å²) in [6.07, 6.45) is 1.81. The highest BCUT2D eigenvalue weighted by Gasteiger charge is 2.56. The maximum Gasteiger partial charge on any atom is 0.242 e. The van der Waals surface area contributed by atoms with E-state index in [0.29, 0.717) is 5.82 Å². The number of rotatable bonds is 1. The number of hydrogen-bond acceptors (Lipinski definition) is 3. The van der Waals surface area contributed by atoms with E-state index in [9.17, 15) is 9.59 Å². The van der Waals surface area contributed by atoms with Crippen molar-refractivity contribution in [3.63, 3.8) is 0 Å². The monoisotopic (exact) mass is 372 g/mol. The van der Waals surface area contributed by atoms with Crippen molar-refractivity contribution in [3.05, 3.63) is 70.9 Å². The first-order chi connectivity index (χ1) is 13.4. The van der Waals surface area contributed by atoms with Crippen molar-refractivity contribution in [1.29, 1.82) is 0 Å². The quantitative estimate of drug-likeness (QED) is 0.714. The van der Waals surface area contributed by atoms with Crippen molar-refractivity contribution in [1.82, 2.24) is 9.78 Å². The minimum absolute atomic E-state index is 0.0820. The summed E-state index contributed by atoms with van der Waals surface area (Å²) in [6.45, 7) is 4.03. The molecule has 1 N–H and O–H groups in total. The zero-order valence-electron chi connectivity index (χ0n) is 16.0.